The van der Waals surface area contributed by atoms with Crippen LogP contribution in [0.25, 0.3) is 11.5 Å². The normalized spacial score (nSPS) is 17.6. The third kappa shape index (κ3) is 4.84. The number of nitrogens with one attached hydrogen (secondary N) is 1. The van der Waals surface area contributed by atoms with E-state index in [1.54, 1.807) is 42.5 Å². The van der Waals surface area contributed by atoms with Crippen molar-refractivity contribution in [2.45, 2.75) is 16.7 Å². The van der Waals surface area contributed by atoms with Crippen molar-refractivity contribution >= 4 is 22.2 Å². The zero-order valence-electron chi connectivity index (χ0n) is 16.0. The number of likely N-dealkylation sites (N-methyl/N-ethyl adjacent to an activating group) is 1. The molecule has 2 heterocycles. The Morgan fingerprint density at radius 1 is 1.17 bits per heavy atom. The van der Waals surface area contributed by atoms with Gasteiger partial charge in [0.15, 0.2) is 15.7 Å². The summed E-state index contributed by atoms with van der Waals surface area (Å²) < 4.78 is 30.7. The van der Waals surface area contributed by atoms with Gasteiger partial charge in [-0.3, -0.25) is 4.90 Å². The van der Waals surface area contributed by atoms with Crippen LogP contribution in [-0.2, 0) is 15.6 Å². The molecular formula is C20H23ClN4O3S. The first-order chi connectivity index (χ1) is 13.5. The van der Waals surface area contributed by atoms with Gasteiger partial charge in [0.2, 0.25) is 0 Å². The molecule has 0 spiro atoms. The molecule has 1 saturated heterocycles. The van der Waals surface area contributed by atoms with E-state index in [1.807, 2.05) is 19.2 Å². The van der Waals surface area contributed by atoms with Crippen LogP contribution in [0, 0.1) is 0 Å². The molecule has 4 rings (SSSR count). The summed E-state index contributed by atoms with van der Waals surface area (Å²) in [5.41, 5.74) is 1.39. The van der Waals surface area contributed by atoms with Crippen LogP contribution in [-0.4, -0.2) is 50.1 Å². The molecule has 1 N–H and O–H groups in total. The Morgan fingerprint density at radius 3 is 2.72 bits per heavy atom. The summed E-state index contributed by atoms with van der Waals surface area (Å²) >= 11 is 0. The zero-order chi connectivity index (χ0) is 19.6. The minimum atomic E-state index is -3.41. The van der Waals surface area contributed by atoms with Gasteiger partial charge in [-0.05, 0) is 36.9 Å². The van der Waals surface area contributed by atoms with Crippen LogP contribution in [0.15, 0.2) is 64.0 Å². The number of halogens is 1. The number of piperazine rings is 1. The van der Waals surface area contributed by atoms with Gasteiger partial charge in [0, 0.05) is 25.2 Å². The molecule has 7 nitrogen and oxygen atoms in total. The fourth-order valence-electron chi connectivity index (χ4n) is 3.31. The summed E-state index contributed by atoms with van der Waals surface area (Å²) in [6, 6.07) is 15.8. The molecule has 1 aliphatic rings. The van der Waals surface area contributed by atoms with Crippen molar-refractivity contribution in [1.82, 2.24) is 20.4 Å². The van der Waals surface area contributed by atoms with Gasteiger partial charge in [0.1, 0.15) is 0 Å². The van der Waals surface area contributed by atoms with Gasteiger partial charge in [-0.15, -0.1) is 12.4 Å². The molecule has 0 aliphatic carbocycles. The average Bonchev–Trinajstić information content (AvgIpc) is 3.19. The number of sulfone groups is 1. The van der Waals surface area contributed by atoms with Gasteiger partial charge in [0.25, 0.3) is 5.89 Å². The van der Waals surface area contributed by atoms with E-state index in [1.165, 1.54) is 0 Å². The Labute approximate surface area is 176 Å². The summed E-state index contributed by atoms with van der Waals surface area (Å²) in [5, 5.41) is 7.47. The molecule has 2 aromatic carbocycles. The lowest BCUT2D eigenvalue weighted by Crippen LogP contribution is -2.44. The molecule has 9 heteroatoms. The Morgan fingerprint density at radius 2 is 1.97 bits per heavy atom. The Hall–Kier alpha value is -2.26. The molecule has 154 valence electrons. The van der Waals surface area contributed by atoms with E-state index in [9.17, 15) is 8.42 Å². The summed E-state index contributed by atoms with van der Waals surface area (Å²) in [7, 11) is -1.37. The highest BCUT2D eigenvalue weighted by atomic mass is 35.5. The molecule has 3 aromatic rings. The predicted molar refractivity (Wildman–Crippen MR) is 113 cm³/mol. The van der Waals surface area contributed by atoms with E-state index >= 15 is 0 Å². The van der Waals surface area contributed by atoms with Crippen molar-refractivity contribution in [3.8, 4) is 11.5 Å². The van der Waals surface area contributed by atoms with Gasteiger partial charge in [-0.2, -0.15) is 4.98 Å². The lowest BCUT2D eigenvalue weighted by Gasteiger charge is -2.30. The number of benzene rings is 2. The minimum absolute atomic E-state index is 0. The first kappa shape index (κ1) is 21.4. The number of nitrogens with zero attached hydrogens (tertiary/aromatic N) is 3. The third-order valence-corrected chi connectivity index (χ3v) is 6.59. The first-order valence-corrected chi connectivity index (χ1v) is 10.8. The second-order valence-electron chi connectivity index (χ2n) is 6.93. The molecule has 1 unspecified atom stereocenters. The zero-order valence-corrected chi connectivity index (χ0v) is 17.6. The highest BCUT2D eigenvalue weighted by Gasteiger charge is 2.25. The largest absolute Gasteiger partial charge is 0.334 e. The van der Waals surface area contributed by atoms with Crippen LogP contribution in [0.4, 0.5) is 0 Å². The van der Waals surface area contributed by atoms with E-state index in [0.717, 1.165) is 19.6 Å². The summed E-state index contributed by atoms with van der Waals surface area (Å²) in [6.45, 7) is 2.63. The van der Waals surface area contributed by atoms with E-state index in [0.29, 0.717) is 27.7 Å². The van der Waals surface area contributed by atoms with Crippen LogP contribution in [0.1, 0.15) is 17.4 Å². The maximum absolute atomic E-state index is 12.6. The van der Waals surface area contributed by atoms with Crippen LogP contribution in [0.5, 0.6) is 0 Å². The average molecular weight is 435 g/mol. The molecule has 29 heavy (non-hydrogen) atoms. The van der Waals surface area contributed by atoms with Crippen LogP contribution < -0.4 is 5.32 Å². The number of aromatic nitrogens is 2. The van der Waals surface area contributed by atoms with Gasteiger partial charge < -0.3 is 9.84 Å². The lowest BCUT2D eigenvalue weighted by molar-refractivity contribution is 0.190. The second kappa shape index (κ2) is 9.04. The molecule has 1 aliphatic heterocycles. The summed E-state index contributed by atoms with van der Waals surface area (Å²) in [4.78, 5) is 7.04. The first-order valence-electron chi connectivity index (χ1n) is 9.14. The number of hydrogen-bond acceptors (Lipinski definition) is 7. The standard InChI is InChI=1S/C20H22N4O3S.ClH/c1-24-11-10-21-13-18(24)19-22-20(27-23-19)16-7-5-6-15(12-16)14-28(25,26)17-8-3-2-4-9-17;/h2-9,12,18,21H,10-11,13-14H2,1H3;1H. The molecule has 1 atom stereocenters. The highest BCUT2D eigenvalue weighted by molar-refractivity contribution is 7.90. The summed E-state index contributed by atoms with van der Waals surface area (Å²) in [6.07, 6.45) is 0. The monoisotopic (exact) mass is 434 g/mol. The minimum Gasteiger partial charge on any atom is -0.334 e. The topological polar surface area (TPSA) is 88.3 Å². The van der Waals surface area contributed by atoms with Crippen LogP contribution in [0.2, 0.25) is 0 Å². The van der Waals surface area contributed by atoms with Crippen LogP contribution >= 0.6 is 12.4 Å². The summed E-state index contributed by atoms with van der Waals surface area (Å²) in [5.74, 6) is 0.946. The molecular weight excluding hydrogens is 412 g/mol. The van der Waals surface area contributed by atoms with E-state index in [2.05, 4.69) is 20.4 Å². The van der Waals surface area contributed by atoms with Crippen molar-refractivity contribution < 1.29 is 12.9 Å². The van der Waals surface area contributed by atoms with Crippen molar-refractivity contribution in [1.29, 1.82) is 0 Å². The van der Waals surface area contributed by atoms with Gasteiger partial charge >= 0.3 is 0 Å². The number of rotatable bonds is 5. The smallest absolute Gasteiger partial charge is 0.257 e. The Bertz CT molecular complexity index is 1060. The van der Waals surface area contributed by atoms with E-state index in [4.69, 9.17) is 4.52 Å². The van der Waals surface area contributed by atoms with Gasteiger partial charge in [-0.1, -0.05) is 35.5 Å². The molecule has 1 fully saturated rings. The predicted octanol–water partition coefficient (Wildman–Crippen LogP) is 2.71. The molecule has 0 saturated carbocycles. The maximum atomic E-state index is 12.6. The van der Waals surface area contributed by atoms with Crippen LogP contribution in [0.3, 0.4) is 0 Å². The number of hydrogen-bond donors (Lipinski definition) is 1. The van der Waals surface area contributed by atoms with Crippen molar-refractivity contribution in [2.75, 3.05) is 26.7 Å². The molecule has 0 radical (unpaired) electrons. The van der Waals surface area contributed by atoms with Crippen molar-refractivity contribution in [3.63, 3.8) is 0 Å². The Kier molecular flexibility index (Phi) is 6.69. The lowest BCUT2D eigenvalue weighted by atomic mass is 10.1. The van der Waals surface area contributed by atoms with Crippen molar-refractivity contribution in [2.24, 2.45) is 0 Å². The SMILES string of the molecule is CN1CCNCC1c1noc(-c2cccc(CS(=O)(=O)c3ccccc3)c2)n1.Cl. The highest BCUT2D eigenvalue weighted by Crippen LogP contribution is 2.25. The maximum Gasteiger partial charge on any atom is 0.257 e. The fraction of sp³-hybridized carbons (Fsp3) is 0.300. The fourth-order valence-corrected chi connectivity index (χ4v) is 4.66. The van der Waals surface area contributed by atoms with Gasteiger partial charge in [-0.25, -0.2) is 8.42 Å². The Balaban J connectivity index is 0.00000240. The van der Waals surface area contributed by atoms with E-state index in [-0.39, 0.29) is 24.2 Å². The quantitative estimate of drug-likeness (QED) is 0.660. The molecule has 0 amide bonds. The van der Waals surface area contributed by atoms with Gasteiger partial charge in [0.05, 0.1) is 16.7 Å². The molecule has 0 bridgehead atoms. The van der Waals surface area contributed by atoms with E-state index < -0.39 is 9.84 Å². The molecule has 1 aromatic heterocycles. The third-order valence-electron chi connectivity index (χ3n) is 4.88. The second-order valence-corrected chi connectivity index (χ2v) is 8.92. The van der Waals surface area contributed by atoms with Crippen molar-refractivity contribution in [3.05, 3.63) is 66.0 Å².